The number of aryl methyl sites for hydroxylation is 1. The largest absolute Gasteiger partial charge is 0.334 e. The molecule has 1 saturated heterocycles. The maximum Gasteiger partial charge on any atom is 0.318 e. The highest BCUT2D eigenvalue weighted by molar-refractivity contribution is 5.74. The van der Waals surface area contributed by atoms with Crippen LogP contribution in [0.1, 0.15) is 48.4 Å². The van der Waals surface area contributed by atoms with Gasteiger partial charge in [-0.1, -0.05) is 73.0 Å². The zero-order valence-corrected chi connectivity index (χ0v) is 14.4. The van der Waals surface area contributed by atoms with E-state index in [1.54, 1.807) is 0 Å². The van der Waals surface area contributed by atoms with Crippen LogP contribution in [-0.2, 0) is 6.54 Å². The number of hydrogen-bond acceptors (Lipinski definition) is 1. The Kier molecular flexibility index (Phi) is 5.52. The van der Waals surface area contributed by atoms with Gasteiger partial charge in [0.15, 0.2) is 0 Å². The molecule has 126 valence electrons. The second-order valence-corrected chi connectivity index (χ2v) is 6.62. The molecule has 0 aromatic heterocycles. The predicted molar refractivity (Wildman–Crippen MR) is 97.8 cm³/mol. The molecule has 0 spiro atoms. The van der Waals surface area contributed by atoms with Crippen molar-refractivity contribution in [3.63, 3.8) is 0 Å². The first-order chi connectivity index (χ1) is 11.7. The molecule has 0 unspecified atom stereocenters. The molecule has 24 heavy (non-hydrogen) atoms. The summed E-state index contributed by atoms with van der Waals surface area (Å²) in [5, 5.41) is 3.10. The summed E-state index contributed by atoms with van der Waals surface area (Å²) >= 11 is 0. The molecule has 1 aliphatic heterocycles. The summed E-state index contributed by atoms with van der Waals surface area (Å²) in [6.07, 6.45) is 4.51. The van der Waals surface area contributed by atoms with Crippen LogP contribution >= 0.6 is 0 Å². The SMILES string of the molecule is Cc1cccc([C@@H]2CCCCCN2C(=O)NCc2ccccc2)c1. The van der Waals surface area contributed by atoms with E-state index in [9.17, 15) is 4.79 Å². The molecule has 1 fully saturated rings. The van der Waals surface area contributed by atoms with Crippen molar-refractivity contribution in [1.82, 2.24) is 10.2 Å². The summed E-state index contributed by atoms with van der Waals surface area (Å²) in [4.78, 5) is 14.8. The van der Waals surface area contributed by atoms with Crippen molar-refractivity contribution in [3.05, 3.63) is 71.3 Å². The van der Waals surface area contributed by atoms with Gasteiger partial charge >= 0.3 is 6.03 Å². The highest BCUT2D eigenvalue weighted by Gasteiger charge is 2.26. The molecular formula is C21H26N2O. The van der Waals surface area contributed by atoms with Gasteiger partial charge < -0.3 is 10.2 Å². The van der Waals surface area contributed by atoms with E-state index >= 15 is 0 Å². The lowest BCUT2D eigenvalue weighted by Crippen LogP contribution is -2.41. The van der Waals surface area contributed by atoms with Crippen LogP contribution in [0.4, 0.5) is 4.79 Å². The first kappa shape index (κ1) is 16.6. The maximum atomic E-state index is 12.8. The average Bonchev–Trinajstić information content (AvgIpc) is 2.86. The van der Waals surface area contributed by atoms with E-state index in [4.69, 9.17) is 0 Å². The van der Waals surface area contributed by atoms with E-state index in [1.807, 2.05) is 35.2 Å². The van der Waals surface area contributed by atoms with E-state index in [0.717, 1.165) is 24.9 Å². The van der Waals surface area contributed by atoms with Crippen molar-refractivity contribution >= 4 is 6.03 Å². The van der Waals surface area contributed by atoms with E-state index in [0.29, 0.717) is 6.54 Å². The minimum absolute atomic E-state index is 0.0484. The van der Waals surface area contributed by atoms with E-state index in [1.165, 1.54) is 24.0 Å². The smallest absolute Gasteiger partial charge is 0.318 e. The topological polar surface area (TPSA) is 32.3 Å². The second kappa shape index (κ2) is 8.00. The number of hydrogen-bond donors (Lipinski definition) is 1. The van der Waals surface area contributed by atoms with Gasteiger partial charge in [-0.25, -0.2) is 4.79 Å². The van der Waals surface area contributed by atoms with Gasteiger partial charge in [0.1, 0.15) is 0 Å². The van der Waals surface area contributed by atoms with Gasteiger partial charge in [-0.15, -0.1) is 0 Å². The van der Waals surface area contributed by atoms with Gasteiger partial charge in [-0.2, -0.15) is 0 Å². The number of nitrogens with one attached hydrogen (secondary N) is 1. The standard InChI is InChI=1S/C21H26N2O/c1-17-9-8-12-19(15-17)20-13-6-3-7-14-23(20)21(24)22-16-18-10-4-2-5-11-18/h2,4-5,8-12,15,20H,3,6-7,13-14,16H2,1H3,(H,22,24)/t20-/m0/s1. The lowest BCUT2D eigenvalue weighted by atomic mass is 9.99. The van der Waals surface area contributed by atoms with Crippen LogP contribution in [-0.4, -0.2) is 17.5 Å². The minimum Gasteiger partial charge on any atom is -0.334 e. The number of rotatable bonds is 3. The van der Waals surface area contributed by atoms with E-state index < -0.39 is 0 Å². The molecule has 3 rings (SSSR count). The van der Waals surface area contributed by atoms with Crippen LogP contribution in [0.5, 0.6) is 0 Å². The van der Waals surface area contributed by atoms with Gasteiger partial charge in [0.25, 0.3) is 0 Å². The van der Waals surface area contributed by atoms with Gasteiger partial charge in [0, 0.05) is 13.1 Å². The molecule has 1 N–H and O–H groups in total. The van der Waals surface area contributed by atoms with Crippen LogP contribution in [0.2, 0.25) is 0 Å². The first-order valence-corrected chi connectivity index (χ1v) is 8.89. The number of urea groups is 1. The van der Waals surface area contributed by atoms with Gasteiger partial charge in [0.2, 0.25) is 0 Å². The summed E-state index contributed by atoms with van der Waals surface area (Å²) < 4.78 is 0. The van der Waals surface area contributed by atoms with Crippen LogP contribution in [0, 0.1) is 6.92 Å². The van der Waals surface area contributed by atoms with Crippen molar-refractivity contribution < 1.29 is 4.79 Å². The third-order valence-electron chi connectivity index (χ3n) is 4.73. The number of likely N-dealkylation sites (tertiary alicyclic amines) is 1. The van der Waals surface area contributed by atoms with E-state index in [2.05, 4.69) is 36.5 Å². The van der Waals surface area contributed by atoms with Gasteiger partial charge in [0.05, 0.1) is 6.04 Å². The third kappa shape index (κ3) is 4.16. The molecule has 2 aromatic carbocycles. The summed E-state index contributed by atoms with van der Waals surface area (Å²) in [7, 11) is 0. The Morgan fingerprint density at radius 1 is 1.08 bits per heavy atom. The summed E-state index contributed by atoms with van der Waals surface area (Å²) in [6, 6.07) is 18.9. The number of benzene rings is 2. The third-order valence-corrected chi connectivity index (χ3v) is 4.73. The first-order valence-electron chi connectivity index (χ1n) is 8.89. The van der Waals surface area contributed by atoms with Gasteiger partial charge in [-0.3, -0.25) is 0 Å². The Morgan fingerprint density at radius 2 is 1.92 bits per heavy atom. The highest BCUT2D eigenvalue weighted by Crippen LogP contribution is 2.30. The Balaban J connectivity index is 1.73. The maximum absolute atomic E-state index is 12.8. The predicted octanol–water partition coefficient (Wildman–Crippen LogP) is 4.82. The molecule has 2 amide bonds. The number of nitrogens with zero attached hydrogens (tertiary/aromatic N) is 1. The fraction of sp³-hybridized carbons (Fsp3) is 0.381. The number of carbonyl (C=O) groups excluding carboxylic acids is 1. The molecule has 0 bridgehead atoms. The fourth-order valence-corrected chi connectivity index (χ4v) is 3.45. The molecule has 1 atom stereocenters. The highest BCUT2D eigenvalue weighted by atomic mass is 16.2. The van der Waals surface area contributed by atoms with Crippen LogP contribution in [0.15, 0.2) is 54.6 Å². The molecule has 1 heterocycles. The lowest BCUT2D eigenvalue weighted by Gasteiger charge is -2.31. The molecule has 2 aromatic rings. The lowest BCUT2D eigenvalue weighted by molar-refractivity contribution is 0.175. The molecule has 0 saturated carbocycles. The summed E-state index contributed by atoms with van der Waals surface area (Å²) in [6.45, 7) is 3.52. The Labute approximate surface area is 144 Å². The summed E-state index contributed by atoms with van der Waals surface area (Å²) in [5.74, 6) is 0. The zero-order valence-electron chi connectivity index (χ0n) is 14.4. The molecule has 1 aliphatic rings. The van der Waals surface area contributed by atoms with Crippen molar-refractivity contribution in [3.8, 4) is 0 Å². The van der Waals surface area contributed by atoms with E-state index in [-0.39, 0.29) is 12.1 Å². The molecule has 3 nitrogen and oxygen atoms in total. The number of amides is 2. The van der Waals surface area contributed by atoms with Crippen LogP contribution < -0.4 is 5.32 Å². The summed E-state index contributed by atoms with van der Waals surface area (Å²) in [5.41, 5.74) is 3.64. The zero-order chi connectivity index (χ0) is 16.8. The quantitative estimate of drug-likeness (QED) is 0.863. The molecule has 0 aliphatic carbocycles. The van der Waals surface area contributed by atoms with Gasteiger partial charge in [-0.05, 0) is 30.9 Å². The Hall–Kier alpha value is -2.29. The van der Waals surface area contributed by atoms with Crippen molar-refractivity contribution in [2.75, 3.05) is 6.54 Å². The van der Waals surface area contributed by atoms with Crippen LogP contribution in [0.3, 0.4) is 0 Å². The fourth-order valence-electron chi connectivity index (χ4n) is 3.45. The number of carbonyl (C=O) groups is 1. The van der Waals surface area contributed by atoms with Crippen molar-refractivity contribution in [2.45, 2.75) is 45.2 Å². The van der Waals surface area contributed by atoms with Crippen molar-refractivity contribution in [2.24, 2.45) is 0 Å². The minimum atomic E-state index is 0.0484. The molecule has 0 radical (unpaired) electrons. The average molecular weight is 322 g/mol. The monoisotopic (exact) mass is 322 g/mol. The normalized spacial score (nSPS) is 18.0. The Bertz CT molecular complexity index is 669. The second-order valence-electron chi connectivity index (χ2n) is 6.62. The Morgan fingerprint density at radius 3 is 2.71 bits per heavy atom. The molecular weight excluding hydrogens is 296 g/mol. The van der Waals surface area contributed by atoms with Crippen LogP contribution in [0.25, 0.3) is 0 Å². The van der Waals surface area contributed by atoms with Crippen molar-refractivity contribution in [1.29, 1.82) is 0 Å². The molecule has 3 heteroatoms.